The first-order valence-electron chi connectivity index (χ1n) is 10.9. The lowest BCUT2D eigenvalue weighted by Crippen LogP contribution is -2.25. The number of carboxylic acid groups (broad SMARTS) is 1. The second-order valence-corrected chi connectivity index (χ2v) is 8.68. The van der Waals surface area contributed by atoms with E-state index in [0.717, 1.165) is 24.0 Å². The summed E-state index contributed by atoms with van der Waals surface area (Å²) >= 11 is 6.25. The van der Waals surface area contributed by atoms with E-state index in [4.69, 9.17) is 16.7 Å². The highest BCUT2D eigenvalue weighted by Gasteiger charge is 2.31. The van der Waals surface area contributed by atoms with Gasteiger partial charge in [-0.2, -0.15) is 0 Å². The molecular formula is C26H21ClF3NO4. The van der Waals surface area contributed by atoms with Crippen molar-refractivity contribution in [3.8, 4) is 5.75 Å². The van der Waals surface area contributed by atoms with Crippen molar-refractivity contribution >= 4 is 29.7 Å². The van der Waals surface area contributed by atoms with Crippen LogP contribution >= 0.6 is 11.6 Å². The molecule has 35 heavy (non-hydrogen) atoms. The number of halogens is 4. The molecule has 0 spiro atoms. The number of pyridine rings is 1. The van der Waals surface area contributed by atoms with Crippen LogP contribution in [0.25, 0.3) is 12.2 Å². The van der Waals surface area contributed by atoms with Gasteiger partial charge in [-0.3, -0.25) is 4.79 Å². The summed E-state index contributed by atoms with van der Waals surface area (Å²) in [5, 5.41) is 9.17. The van der Waals surface area contributed by atoms with E-state index in [1.807, 2.05) is 0 Å². The maximum absolute atomic E-state index is 12.9. The van der Waals surface area contributed by atoms with Gasteiger partial charge in [-0.15, -0.1) is 13.2 Å². The first kappa shape index (κ1) is 24.6. The van der Waals surface area contributed by atoms with E-state index in [-0.39, 0.29) is 27.8 Å². The van der Waals surface area contributed by atoms with Crippen LogP contribution in [0.1, 0.15) is 51.5 Å². The van der Waals surface area contributed by atoms with Gasteiger partial charge >= 0.3 is 12.3 Å². The van der Waals surface area contributed by atoms with Crippen LogP contribution in [0.3, 0.4) is 0 Å². The summed E-state index contributed by atoms with van der Waals surface area (Å²) in [6.07, 6.45) is 0.935. The summed E-state index contributed by atoms with van der Waals surface area (Å²) < 4.78 is 43.3. The molecule has 1 N–H and O–H groups in total. The fraction of sp³-hybridized carbons (Fsp3) is 0.231. The molecule has 0 aliphatic heterocycles. The second kappa shape index (κ2) is 10.00. The lowest BCUT2D eigenvalue weighted by atomic mass is 10.1. The molecule has 1 fully saturated rings. The Hall–Kier alpha value is -3.52. The van der Waals surface area contributed by atoms with Gasteiger partial charge in [0.05, 0.1) is 5.56 Å². The number of carboxylic acids is 1. The molecule has 2 aromatic carbocycles. The standard InChI is InChI=1S/C26H21ClF3NO4/c27-22-15-21(18-9-10-18)23(11-6-17-2-1-3-20(14-17)35-26(28,29)30)31(24(22)32)13-12-16-4-7-19(8-5-16)25(33)34/h1-8,11,14-15,18H,9-10,12-13H2,(H,33,34)/b11-6+. The van der Waals surface area contributed by atoms with Crippen LogP contribution in [-0.2, 0) is 13.0 Å². The molecule has 0 bridgehead atoms. The lowest BCUT2D eigenvalue weighted by Gasteiger charge is -2.16. The van der Waals surface area contributed by atoms with Crippen molar-refractivity contribution in [1.82, 2.24) is 4.57 Å². The molecule has 182 valence electrons. The van der Waals surface area contributed by atoms with Crippen molar-refractivity contribution in [1.29, 1.82) is 0 Å². The molecule has 1 saturated carbocycles. The normalized spacial score (nSPS) is 13.8. The van der Waals surface area contributed by atoms with Gasteiger partial charge in [0, 0.05) is 12.2 Å². The van der Waals surface area contributed by atoms with Gasteiger partial charge in [0.15, 0.2) is 0 Å². The first-order valence-corrected chi connectivity index (χ1v) is 11.3. The number of aromatic nitrogens is 1. The number of rotatable bonds is 8. The number of alkyl halides is 3. The zero-order chi connectivity index (χ0) is 25.2. The van der Waals surface area contributed by atoms with E-state index in [1.165, 1.54) is 30.3 Å². The molecule has 0 atom stereocenters. The summed E-state index contributed by atoms with van der Waals surface area (Å²) in [7, 11) is 0. The van der Waals surface area contributed by atoms with E-state index in [0.29, 0.717) is 24.2 Å². The van der Waals surface area contributed by atoms with Gasteiger partial charge in [0.2, 0.25) is 0 Å². The molecule has 1 aliphatic carbocycles. The molecule has 1 aliphatic rings. The minimum absolute atomic E-state index is 0.103. The van der Waals surface area contributed by atoms with Crippen LogP contribution in [0.5, 0.6) is 5.75 Å². The van der Waals surface area contributed by atoms with Gasteiger partial charge in [0.1, 0.15) is 10.8 Å². The van der Waals surface area contributed by atoms with Gasteiger partial charge < -0.3 is 14.4 Å². The van der Waals surface area contributed by atoms with E-state index < -0.39 is 12.3 Å². The molecule has 0 unspecified atom stereocenters. The van der Waals surface area contributed by atoms with Gasteiger partial charge in [-0.05, 0) is 78.3 Å². The number of aromatic carboxylic acids is 1. The van der Waals surface area contributed by atoms with Crippen molar-refractivity contribution in [2.24, 2.45) is 0 Å². The van der Waals surface area contributed by atoms with Gasteiger partial charge in [-0.1, -0.05) is 41.9 Å². The quantitative estimate of drug-likeness (QED) is 0.387. The van der Waals surface area contributed by atoms with E-state index in [2.05, 4.69) is 4.74 Å². The topological polar surface area (TPSA) is 68.5 Å². The van der Waals surface area contributed by atoms with Crippen LogP contribution in [-0.4, -0.2) is 22.0 Å². The number of benzene rings is 2. The largest absolute Gasteiger partial charge is 0.573 e. The molecule has 0 amide bonds. The summed E-state index contributed by atoms with van der Waals surface area (Å²) in [4.78, 5) is 24.0. The molecule has 0 radical (unpaired) electrons. The van der Waals surface area contributed by atoms with Crippen molar-refractivity contribution in [3.63, 3.8) is 0 Å². The molecule has 0 saturated heterocycles. The third-order valence-electron chi connectivity index (χ3n) is 5.69. The average molecular weight is 504 g/mol. The van der Waals surface area contributed by atoms with Crippen LogP contribution in [0.15, 0.2) is 59.4 Å². The van der Waals surface area contributed by atoms with Crippen molar-refractivity contribution < 1.29 is 27.8 Å². The van der Waals surface area contributed by atoms with Crippen LogP contribution in [0.2, 0.25) is 5.02 Å². The van der Waals surface area contributed by atoms with Crippen molar-refractivity contribution in [3.05, 3.63) is 97.9 Å². The maximum atomic E-state index is 12.9. The van der Waals surface area contributed by atoms with Crippen molar-refractivity contribution in [2.75, 3.05) is 0 Å². The van der Waals surface area contributed by atoms with E-state index >= 15 is 0 Å². The highest BCUT2D eigenvalue weighted by molar-refractivity contribution is 6.30. The molecule has 4 rings (SSSR count). The highest BCUT2D eigenvalue weighted by atomic mass is 35.5. The smallest absolute Gasteiger partial charge is 0.478 e. The number of carbonyl (C=O) groups is 1. The van der Waals surface area contributed by atoms with Crippen molar-refractivity contribution in [2.45, 2.75) is 38.1 Å². The SMILES string of the molecule is O=C(O)c1ccc(CCn2c(/C=C/c3cccc(OC(F)(F)F)c3)c(C3CC3)cc(Cl)c2=O)cc1. The Morgan fingerprint density at radius 2 is 1.83 bits per heavy atom. The summed E-state index contributed by atoms with van der Waals surface area (Å²) in [6.45, 7) is 0.294. The predicted molar refractivity (Wildman–Crippen MR) is 127 cm³/mol. The number of nitrogens with zero attached hydrogens (tertiary/aromatic N) is 1. The Kier molecular flexibility index (Phi) is 7.03. The first-order chi connectivity index (χ1) is 16.6. The molecule has 9 heteroatoms. The van der Waals surface area contributed by atoms with Crippen LogP contribution < -0.4 is 10.3 Å². The van der Waals surface area contributed by atoms with E-state index in [1.54, 1.807) is 41.0 Å². The Morgan fingerprint density at radius 1 is 1.11 bits per heavy atom. The minimum atomic E-state index is -4.79. The molecule has 3 aromatic rings. The van der Waals surface area contributed by atoms with Crippen LogP contribution in [0.4, 0.5) is 13.2 Å². The second-order valence-electron chi connectivity index (χ2n) is 8.27. The molecular weight excluding hydrogens is 483 g/mol. The van der Waals surface area contributed by atoms with Crippen LogP contribution in [0, 0.1) is 0 Å². The lowest BCUT2D eigenvalue weighted by molar-refractivity contribution is -0.274. The van der Waals surface area contributed by atoms with E-state index in [9.17, 15) is 22.8 Å². The van der Waals surface area contributed by atoms with Gasteiger partial charge in [0.25, 0.3) is 5.56 Å². The minimum Gasteiger partial charge on any atom is -0.478 e. The number of aryl methyl sites for hydroxylation is 1. The highest BCUT2D eigenvalue weighted by Crippen LogP contribution is 2.42. The Balaban J connectivity index is 1.65. The monoisotopic (exact) mass is 503 g/mol. The molecule has 1 aromatic heterocycles. The third-order valence-corrected chi connectivity index (χ3v) is 5.96. The Morgan fingerprint density at radius 3 is 2.46 bits per heavy atom. The predicted octanol–water partition coefficient (Wildman–Crippen LogP) is 6.39. The summed E-state index contributed by atoms with van der Waals surface area (Å²) in [5.74, 6) is -1.09. The number of ether oxygens (including phenoxy) is 1. The zero-order valence-corrected chi connectivity index (χ0v) is 19.1. The summed E-state index contributed by atoms with van der Waals surface area (Å²) in [5.41, 5.74) is 2.69. The molecule has 1 heterocycles. The maximum Gasteiger partial charge on any atom is 0.573 e. The number of hydrogen-bond donors (Lipinski definition) is 1. The Labute approximate surface area is 204 Å². The van der Waals surface area contributed by atoms with Gasteiger partial charge in [-0.25, -0.2) is 4.79 Å². The Bertz CT molecular complexity index is 1330. The third kappa shape index (κ3) is 6.33. The average Bonchev–Trinajstić information content (AvgIpc) is 3.63. The number of hydrogen-bond acceptors (Lipinski definition) is 3. The summed E-state index contributed by atoms with van der Waals surface area (Å²) in [6, 6.07) is 13.7. The zero-order valence-electron chi connectivity index (χ0n) is 18.4. The fourth-order valence-corrected chi connectivity index (χ4v) is 4.06. The molecule has 5 nitrogen and oxygen atoms in total. The fourth-order valence-electron chi connectivity index (χ4n) is 3.84.